The highest BCUT2D eigenvalue weighted by molar-refractivity contribution is 6.36. The zero-order valence-corrected chi connectivity index (χ0v) is 12.1. The molecule has 0 aliphatic carbocycles. The van der Waals surface area contributed by atoms with Crippen LogP contribution in [0.5, 0.6) is 0 Å². The molecular formula is C15H12ClF3N2O. The van der Waals surface area contributed by atoms with Crippen molar-refractivity contribution >= 4 is 28.3 Å². The lowest BCUT2D eigenvalue weighted by atomic mass is 10.0. The zero-order chi connectivity index (χ0) is 15.9. The summed E-state index contributed by atoms with van der Waals surface area (Å²) in [5, 5.41) is 2.28. The second kappa shape index (κ2) is 5.44. The van der Waals surface area contributed by atoms with Gasteiger partial charge in [0.05, 0.1) is 5.02 Å². The predicted octanol–water partition coefficient (Wildman–Crippen LogP) is 3.83. The maximum Gasteiger partial charge on any atom is 0.409 e. The number of nitrogens with zero attached hydrogens (tertiary/aromatic N) is 1. The highest BCUT2D eigenvalue weighted by Gasteiger charge is 2.47. The zero-order valence-electron chi connectivity index (χ0n) is 11.3. The first-order valence-electron chi connectivity index (χ1n) is 6.68. The van der Waals surface area contributed by atoms with E-state index in [4.69, 9.17) is 11.6 Å². The molecule has 0 saturated carbocycles. The molecule has 116 valence electrons. The lowest BCUT2D eigenvalue weighted by Gasteiger charge is -2.30. The minimum atomic E-state index is -4.55. The van der Waals surface area contributed by atoms with Crippen molar-refractivity contribution in [3.63, 3.8) is 0 Å². The van der Waals surface area contributed by atoms with Crippen LogP contribution in [0.25, 0.3) is 10.8 Å². The van der Waals surface area contributed by atoms with Crippen LogP contribution in [0.15, 0.2) is 36.4 Å². The molecule has 3 nitrogen and oxygen atoms in total. The molecule has 1 heterocycles. The van der Waals surface area contributed by atoms with E-state index in [0.29, 0.717) is 5.39 Å². The average molecular weight is 329 g/mol. The van der Waals surface area contributed by atoms with Gasteiger partial charge in [-0.2, -0.15) is 13.2 Å². The highest BCUT2D eigenvalue weighted by atomic mass is 35.5. The maximum atomic E-state index is 13.5. The molecule has 0 unspecified atom stereocenters. The maximum absolute atomic E-state index is 13.5. The van der Waals surface area contributed by atoms with E-state index in [2.05, 4.69) is 5.43 Å². The fourth-order valence-electron chi connectivity index (χ4n) is 2.67. The number of amides is 1. The number of hydrogen-bond donors (Lipinski definition) is 1. The Bertz CT molecular complexity index is 732. The summed E-state index contributed by atoms with van der Waals surface area (Å²) >= 11 is 6.22. The number of halogens is 4. The normalized spacial score (nSPS) is 17.7. The SMILES string of the molecule is O=C1CCN([C@@H](c2ccc3ccccc3c2Cl)C(F)(F)F)N1. The number of rotatable bonds is 2. The molecular weight excluding hydrogens is 317 g/mol. The summed E-state index contributed by atoms with van der Waals surface area (Å²) in [6, 6.07) is 7.98. The van der Waals surface area contributed by atoms with E-state index in [9.17, 15) is 18.0 Å². The van der Waals surface area contributed by atoms with E-state index >= 15 is 0 Å². The summed E-state index contributed by atoms with van der Waals surface area (Å²) in [6.45, 7) is -0.00777. The minimum Gasteiger partial charge on any atom is -0.288 e. The number of fused-ring (bicyclic) bond motifs is 1. The Morgan fingerprint density at radius 3 is 2.55 bits per heavy atom. The molecule has 0 bridgehead atoms. The van der Waals surface area contributed by atoms with E-state index in [0.717, 1.165) is 10.4 Å². The van der Waals surface area contributed by atoms with E-state index in [-0.39, 0.29) is 23.6 Å². The van der Waals surface area contributed by atoms with Crippen LogP contribution in [0.1, 0.15) is 18.0 Å². The Morgan fingerprint density at radius 1 is 1.18 bits per heavy atom. The van der Waals surface area contributed by atoms with Crippen LogP contribution in [-0.4, -0.2) is 23.6 Å². The van der Waals surface area contributed by atoms with E-state index in [1.54, 1.807) is 30.3 Å². The van der Waals surface area contributed by atoms with Crippen molar-refractivity contribution in [2.24, 2.45) is 0 Å². The highest BCUT2D eigenvalue weighted by Crippen LogP contribution is 2.42. The van der Waals surface area contributed by atoms with Gasteiger partial charge in [0.2, 0.25) is 5.91 Å². The molecule has 1 fully saturated rings. The molecule has 1 saturated heterocycles. The van der Waals surface area contributed by atoms with Crippen molar-refractivity contribution in [2.45, 2.75) is 18.6 Å². The van der Waals surface area contributed by atoms with Crippen LogP contribution < -0.4 is 5.43 Å². The molecule has 0 spiro atoms. The van der Waals surface area contributed by atoms with Gasteiger partial charge in [0, 0.05) is 18.4 Å². The Balaban J connectivity index is 2.12. The standard InChI is InChI=1S/C15H12ClF3N2O/c16-13-10-4-2-1-3-9(10)5-6-11(13)14(15(17,18)19)21-8-7-12(22)20-21/h1-6,14H,7-8H2,(H,20,22)/t14-/m0/s1. The minimum absolute atomic E-state index is 0.00777. The molecule has 1 N–H and O–H groups in total. The van der Waals surface area contributed by atoms with Gasteiger partial charge in [0.1, 0.15) is 0 Å². The average Bonchev–Trinajstić information content (AvgIpc) is 2.87. The monoisotopic (exact) mass is 328 g/mol. The molecule has 22 heavy (non-hydrogen) atoms. The first-order chi connectivity index (χ1) is 10.4. The Morgan fingerprint density at radius 2 is 1.91 bits per heavy atom. The molecule has 2 aromatic carbocycles. The van der Waals surface area contributed by atoms with Gasteiger partial charge in [-0.15, -0.1) is 0 Å². The van der Waals surface area contributed by atoms with Gasteiger partial charge in [-0.05, 0) is 10.9 Å². The summed E-state index contributed by atoms with van der Waals surface area (Å²) in [6.07, 6.45) is -4.51. The molecule has 0 radical (unpaired) electrons. The topological polar surface area (TPSA) is 32.3 Å². The molecule has 7 heteroatoms. The number of hydrogen-bond acceptors (Lipinski definition) is 2. The third-order valence-electron chi connectivity index (χ3n) is 3.66. The van der Waals surface area contributed by atoms with E-state index in [1.165, 1.54) is 6.07 Å². The third kappa shape index (κ3) is 2.64. The van der Waals surface area contributed by atoms with Gasteiger partial charge >= 0.3 is 6.18 Å². The van der Waals surface area contributed by atoms with Crippen LogP contribution in [0.4, 0.5) is 13.2 Å². The van der Waals surface area contributed by atoms with Crippen molar-refractivity contribution in [1.82, 2.24) is 10.4 Å². The Labute approximate surface area is 129 Å². The number of hydrazine groups is 1. The van der Waals surface area contributed by atoms with Crippen molar-refractivity contribution < 1.29 is 18.0 Å². The lowest BCUT2D eigenvalue weighted by Crippen LogP contribution is -2.43. The summed E-state index contributed by atoms with van der Waals surface area (Å²) in [7, 11) is 0. The van der Waals surface area contributed by atoms with Crippen LogP contribution in [0, 0.1) is 0 Å². The summed E-state index contributed by atoms with van der Waals surface area (Å²) in [5.41, 5.74) is 2.19. The van der Waals surface area contributed by atoms with Gasteiger partial charge in [-0.3, -0.25) is 10.2 Å². The van der Waals surface area contributed by atoms with Gasteiger partial charge in [-0.25, -0.2) is 5.01 Å². The molecule has 3 rings (SSSR count). The number of carbonyl (C=O) groups is 1. The Kier molecular flexibility index (Phi) is 3.74. The summed E-state index contributed by atoms with van der Waals surface area (Å²) < 4.78 is 40.5. The smallest absolute Gasteiger partial charge is 0.288 e. The van der Waals surface area contributed by atoms with Crippen molar-refractivity contribution in [1.29, 1.82) is 0 Å². The van der Waals surface area contributed by atoms with Gasteiger partial charge in [0.15, 0.2) is 6.04 Å². The fourth-order valence-corrected chi connectivity index (χ4v) is 3.01. The van der Waals surface area contributed by atoms with Crippen LogP contribution in [0.3, 0.4) is 0 Å². The van der Waals surface area contributed by atoms with E-state index < -0.39 is 18.1 Å². The van der Waals surface area contributed by atoms with Crippen molar-refractivity contribution in [2.75, 3.05) is 6.54 Å². The van der Waals surface area contributed by atoms with Gasteiger partial charge in [-0.1, -0.05) is 48.0 Å². The second-order valence-electron chi connectivity index (χ2n) is 5.11. The molecule has 2 aromatic rings. The van der Waals surface area contributed by atoms with Gasteiger partial charge in [0.25, 0.3) is 0 Å². The molecule has 1 aliphatic heterocycles. The van der Waals surface area contributed by atoms with Crippen LogP contribution >= 0.6 is 11.6 Å². The molecule has 0 aromatic heterocycles. The number of alkyl halides is 3. The summed E-state index contributed by atoms with van der Waals surface area (Å²) in [4.78, 5) is 11.3. The van der Waals surface area contributed by atoms with Crippen LogP contribution in [0.2, 0.25) is 5.02 Å². The number of benzene rings is 2. The van der Waals surface area contributed by atoms with Crippen molar-refractivity contribution in [3.05, 3.63) is 47.0 Å². The van der Waals surface area contributed by atoms with E-state index in [1.807, 2.05) is 0 Å². The quantitative estimate of drug-likeness (QED) is 0.908. The van der Waals surface area contributed by atoms with Crippen LogP contribution in [-0.2, 0) is 4.79 Å². The second-order valence-corrected chi connectivity index (χ2v) is 5.49. The van der Waals surface area contributed by atoms with Crippen molar-refractivity contribution in [3.8, 4) is 0 Å². The molecule has 1 aliphatic rings. The Hall–Kier alpha value is -1.79. The summed E-state index contributed by atoms with van der Waals surface area (Å²) in [5.74, 6) is -0.425. The fraction of sp³-hybridized carbons (Fsp3) is 0.267. The number of carbonyl (C=O) groups excluding carboxylic acids is 1. The predicted molar refractivity (Wildman–Crippen MR) is 77.2 cm³/mol. The third-order valence-corrected chi connectivity index (χ3v) is 4.08. The first-order valence-corrected chi connectivity index (χ1v) is 7.05. The number of nitrogens with one attached hydrogen (secondary N) is 1. The lowest BCUT2D eigenvalue weighted by molar-refractivity contribution is -0.190. The molecule has 1 atom stereocenters. The van der Waals surface area contributed by atoms with Gasteiger partial charge < -0.3 is 0 Å². The largest absolute Gasteiger partial charge is 0.409 e. The molecule has 1 amide bonds. The first kappa shape index (κ1) is 15.1.